The Morgan fingerprint density at radius 1 is 1.30 bits per heavy atom. The summed E-state index contributed by atoms with van der Waals surface area (Å²) < 4.78 is 11.0. The van der Waals surface area contributed by atoms with E-state index in [-0.39, 0.29) is 12.5 Å². The van der Waals surface area contributed by atoms with Gasteiger partial charge in [-0.3, -0.25) is 4.79 Å². The Kier molecular flexibility index (Phi) is 3.36. The first kappa shape index (κ1) is 12.3. The predicted molar refractivity (Wildman–Crippen MR) is 72.9 cm³/mol. The zero-order valence-corrected chi connectivity index (χ0v) is 10.6. The van der Waals surface area contributed by atoms with E-state index in [1.54, 1.807) is 18.3 Å². The molecule has 1 aliphatic heterocycles. The van der Waals surface area contributed by atoms with Crippen LogP contribution in [0.15, 0.2) is 47.7 Å². The average Bonchev–Trinajstić information content (AvgIpc) is 3.00. The minimum Gasteiger partial charge on any atom is -0.485 e. The number of benzene rings is 1. The zero-order chi connectivity index (χ0) is 13.8. The van der Waals surface area contributed by atoms with Crippen molar-refractivity contribution in [2.24, 2.45) is 5.10 Å². The minimum atomic E-state index is -0.703. The van der Waals surface area contributed by atoms with E-state index < -0.39 is 6.10 Å². The number of nitrogens with zero attached hydrogens (tertiary/aromatic N) is 1. The maximum absolute atomic E-state index is 11.9. The third-order valence-corrected chi connectivity index (χ3v) is 2.80. The molecule has 0 radical (unpaired) electrons. The van der Waals surface area contributed by atoms with Crippen molar-refractivity contribution in [3.63, 3.8) is 0 Å². The molecule has 2 aromatic rings. The second-order valence-corrected chi connectivity index (χ2v) is 4.22. The molecule has 6 heteroatoms. The van der Waals surface area contributed by atoms with E-state index in [1.807, 2.05) is 24.3 Å². The first-order valence-corrected chi connectivity index (χ1v) is 6.18. The van der Waals surface area contributed by atoms with Gasteiger partial charge in [-0.25, -0.2) is 5.43 Å². The number of H-pyrrole nitrogens is 1. The molecule has 0 unspecified atom stereocenters. The lowest BCUT2D eigenvalue weighted by molar-refractivity contribution is -0.130. The highest BCUT2D eigenvalue weighted by atomic mass is 16.6. The number of hydrazone groups is 1. The van der Waals surface area contributed by atoms with Crippen molar-refractivity contribution < 1.29 is 14.3 Å². The summed E-state index contributed by atoms with van der Waals surface area (Å²) in [5, 5.41) is 3.85. The summed E-state index contributed by atoms with van der Waals surface area (Å²) in [6.45, 7) is 0.168. The van der Waals surface area contributed by atoms with Crippen LogP contribution in [-0.2, 0) is 4.79 Å². The standard InChI is InChI=1S/C14H13N3O3/c18-14(17-16-8-10-4-3-7-15-10)13-9-19-11-5-1-2-6-12(11)20-13/h1-8,13,15H,9H2,(H,17,18)/b16-8-/t13-/m1/s1. The van der Waals surface area contributed by atoms with Crippen molar-refractivity contribution in [2.75, 3.05) is 6.61 Å². The number of aromatic amines is 1. The Labute approximate surface area is 115 Å². The summed E-state index contributed by atoms with van der Waals surface area (Å²) in [5.41, 5.74) is 3.23. The van der Waals surface area contributed by atoms with Crippen LogP contribution in [-0.4, -0.2) is 29.8 Å². The van der Waals surface area contributed by atoms with Gasteiger partial charge in [0.1, 0.15) is 6.61 Å². The number of amides is 1. The third-order valence-electron chi connectivity index (χ3n) is 2.80. The SMILES string of the molecule is O=C(N/N=C\c1ccc[nH]1)[C@H]1COc2ccccc2O1. The second kappa shape index (κ2) is 5.48. The Morgan fingerprint density at radius 2 is 2.15 bits per heavy atom. The van der Waals surface area contributed by atoms with Gasteiger partial charge in [-0.2, -0.15) is 5.10 Å². The summed E-state index contributed by atoms with van der Waals surface area (Å²) in [6.07, 6.45) is 2.60. The van der Waals surface area contributed by atoms with Crippen LogP contribution in [0.3, 0.4) is 0 Å². The number of aromatic nitrogens is 1. The van der Waals surface area contributed by atoms with Gasteiger partial charge >= 0.3 is 0 Å². The summed E-state index contributed by atoms with van der Waals surface area (Å²) in [4.78, 5) is 14.8. The van der Waals surface area contributed by atoms with Gasteiger partial charge in [0, 0.05) is 6.20 Å². The van der Waals surface area contributed by atoms with Crippen LogP contribution < -0.4 is 14.9 Å². The summed E-state index contributed by atoms with van der Waals surface area (Å²) >= 11 is 0. The van der Waals surface area contributed by atoms with Gasteiger partial charge in [-0.05, 0) is 24.3 Å². The van der Waals surface area contributed by atoms with Crippen LogP contribution in [0.2, 0.25) is 0 Å². The molecule has 3 rings (SSSR count). The van der Waals surface area contributed by atoms with Gasteiger partial charge in [-0.1, -0.05) is 12.1 Å². The molecule has 1 aromatic carbocycles. The molecule has 2 heterocycles. The first-order chi connectivity index (χ1) is 9.83. The number of carbonyl (C=O) groups is 1. The Balaban J connectivity index is 1.59. The van der Waals surface area contributed by atoms with Crippen molar-refractivity contribution in [2.45, 2.75) is 6.10 Å². The predicted octanol–water partition coefficient (Wildman–Crippen LogP) is 1.30. The topological polar surface area (TPSA) is 75.7 Å². The second-order valence-electron chi connectivity index (χ2n) is 4.22. The number of hydrogen-bond acceptors (Lipinski definition) is 4. The fourth-order valence-electron chi connectivity index (χ4n) is 1.81. The van der Waals surface area contributed by atoms with Gasteiger partial charge in [0.25, 0.3) is 5.91 Å². The van der Waals surface area contributed by atoms with E-state index in [4.69, 9.17) is 9.47 Å². The molecule has 102 valence electrons. The quantitative estimate of drug-likeness (QED) is 0.652. The van der Waals surface area contributed by atoms with E-state index >= 15 is 0 Å². The normalized spacial score (nSPS) is 17.1. The zero-order valence-electron chi connectivity index (χ0n) is 10.6. The summed E-state index contributed by atoms with van der Waals surface area (Å²) in [5.74, 6) is 0.862. The maximum atomic E-state index is 11.9. The fraction of sp³-hybridized carbons (Fsp3) is 0.143. The maximum Gasteiger partial charge on any atom is 0.284 e. The van der Waals surface area contributed by atoms with Crippen LogP contribution in [0.4, 0.5) is 0 Å². The molecule has 1 amide bonds. The lowest BCUT2D eigenvalue weighted by atomic mass is 10.2. The number of carbonyl (C=O) groups excluding carboxylic acids is 1. The molecule has 20 heavy (non-hydrogen) atoms. The van der Waals surface area contributed by atoms with Crippen LogP contribution in [0.5, 0.6) is 11.5 Å². The van der Waals surface area contributed by atoms with Gasteiger partial charge in [0.15, 0.2) is 11.5 Å². The van der Waals surface area contributed by atoms with Crippen molar-refractivity contribution >= 4 is 12.1 Å². The molecule has 0 saturated heterocycles. The Bertz CT molecular complexity index is 622. The number of hydrogen-bond donors (Lipinski definition) is 2. The average molecular weight is 271 g/mol. The number of nitrogens with one attached hydrogen (secondary N) is 2. The van der Waals surface area contributed by atoms with Crippen molar-refractivity contribution in [1.29, 1.82) is 0 Å². The number of rotatable bonds is 3. The molecule has 0 aliphatic carbocycles. The summed E-state index contributed by atoms with van der Waals surface area (Å²) in [7, 11) is 0. The smallest absolute Gasteiger partial charge is 0.284 e. The van der Waals surface area contributed by atoms with Crippen molar-refractivity contribution in [3.8, 4) is 11.5 Å². The van der Waals surface area contributed by atoms with Gasteiger partial charge in [0.05, 0.1) is 11.9 Å². The van der Waals surface area contributed by atoms with Gasteiger partial charge in [-0.15, -0.1) is 0 Å². The van der Waals surface area contributed by atoms with Crippen molar-refractivity contribution in [3.05, 3.63) is 48.3 Å². The van der Waals surface area contributed by atoms with Crippen LogP contribution in [0.1, 0.15) is 5.69 Å². The highest BCUT2D eigenvalue weighted by molar-refractivity contribution is 5.84. The van der Waals surface area contributed by atoms with Crippen LogP contribution in [0.25, 0.3) is 0 Å². The van der Waals surface area contributed by atoms with Gasteiger partial charge < -0.3 is 14.5 Å². The molecule has 1 aliphatic rings. The van der Waals surface area contributed by atoms with E-state index in [0.717, 1.165) is 5.69 Å². The number of fused-ring (bicyclic) bond motifs is 1. The molecular weight excluding hydrogens is 258 g/mol. The van der Waals surface area contributed by atoms with E-state index in [9.17, 15) is 4.79 Å². The third kappa shape index (κ3) is 2.64. The van der Waals surface area contributed by atoms with Gasteiger partial charge in [0.2, 0.25) is 6.10 Å². The molecule has 0 bridgehead atoms. The number of ether oxygens (including phenoxy) is 2. The molecule has 1 aromatic heterocycles. The monoisotopic (exact) mass is 271 g/mol. The minimum absolute atomic E-state index is 0.168. The van der Waals surface area contributed by atoms with Crippen LogP contribution in [0, 0.1) is 0 Å². The Morgan fingerprint density at radius 3 is 2.95 bits per heavy atom. The van der Waals surface area contributed by atoms with E-state index in [0.29, 0.717) is 11.5 Å². The molecule has 2 N–H and O–H groups in total. The summed E-state index contributed by atoms with van der Waals surface area (Å²) in [6, 6.07) is 10.9. The Hall–Kier alpha value is -2.76. The van der Waals surface area contributed by atoms with Crippen LogP contribution >= 0.6 is 0 Å². The molecule has 6 nitrogen and oxygen atoms in total. The molecule has 0 spiro atoms. The lowest BCUT2D eigenvalue weighted by Gasteiger charge is -2.24. The highest BCUT2D eigenvalue weighted by Gasteiger charge is 2.26. The van der Waals surface area contributed by atoms with E-state index in [1.165, 1.54) is 6.21 Å². The number of para-hydroxylation sites is 2. The van der Waals surface area contributed by atoms with Crippen molar-refractivity contribution in [1.82, 2.24) is 10.4 Å². The van der Waals surface area contributed by atoms with E-state index in [2.05, 4.69) is 15.5 Å². The first-order valence-electron chi connectivity index (χ1n) is 6.18. The molecule has 1 atom stereocenters. The molecular formula is C14H13N3O3. The lowest BCUT2D eigenvalue weighted by Crippen LogP contribution is -2.42. The molecule has 0 saturated carbocycles. The highest BCUT2D eigenvalue weighted by Crippen LogP contribution is 2.30. The largest absolute Gasteiger partial charge is 0.485 e. The molecule has 0 fully saturated rings. The fourth-order valence-corrected chi connectivity index (χ4v) is 1.81.